The number of aromatic nitrogens is 1. The van der Waals surface area contributed by atoms with Crippen molar-refractivity contribution in [1.29, 1.82) is 0 Å². The van der Waals surface area contributed by atoms with Crippen LogP contribution < -0.4 is 5.32 Å². The highest BCUT2D eigenvalue weighted by molar-refractivity contribution is 6.08. The molecule has 0 bridgehead atoms. The molecule has 0 radical (unpaired) electrons. The molecule has 0 saturated carbocycles. The molecule has 1 heterocycles. The number of carbonyl (C=O) groups excluding carboxylic acids is 2. The Morgan fingerprint density at radius 1 is 1.08 bits per heavy atom. The van der Waals surface area contributed by atoms with Crippen molar-refractivity contribution >= 4 is 17.6 Å². The number of hydrogen-bond acceptors (Lipinski definition) is 3. The number of rotatable bonds is 5. The van der Waals surface area contributed by atoms with Crippen molar-refractivity contribution in [2.75, 3.05) is 11.9 Å². The minimum atomic E-state index is -0.393. The standard InChI is InChI=1S/C20H26N2O3/c1-7-22-15(6)17(14(5)18(22)20(24)25-8-2)19(23)21-16-10-9-12(3)13(4)11-16/h9-11H,7-8H2,1-6H3,(H,21,23). The second-order valence-corrected chi connectivity index (χ2v) is 6.15. The van der Waals surface area contributed by atoms with Crippen LogP contribution in [-0.2, 0) is 11.3 Å². The van der Waals surface area contributed by atoms with Crippen LogP contribution in [-0.4, -0.2) is 23.1 Å². The molecule has 1 aromatic heterocycles. The van der Waals surface area contributed by atoms with Crippen LogP contribution in [0.25, 0.3) is 0 Å². The number of hydrogen-bond donors (Lipinski definition) is 1. The maximum atomic E-state index is 12.8. The summed E-state index contributed by atoms with van der Waals surface area (Å²) in [4.78, 5) is 25.1. The summed E-state index contributed by atoms with van der Waals surface area (Å²) in [6.45, 7) is 12.3. The van der Waals surface area contributed by atoms with Gasteiger partial charge in [-0.25, -0.2) is 4.79 Å². The highest BCUT2D eigenvalue weighted by Gasteiger charge is 2.26. The van der Waals surface area contributed by atoms with Crippen LogP contribution in [0.1, 0.15) is 57.1 Å². The normalized spacial score (nSPS) is 10.6. The summed E-state index contributed by atoms with van der Waals surface area (Å²) in [5.74, 6) is -0.605. The number of anilines is 1. The second kappa shape index (κ2) is 7.55. The summed E-state index contributed by atoms with van der Waals surface area (Å²) in [5, 5.41) is 2.94. The van der Waals surface area contributed by atoms with Gasteiger partial charge in [-0.05, 0) is 70.4 Å². The van der Waals surface area contributed by atoms with Crippen LogP contribution in [0.3, 0.4) is 0 Å². The van der Waals surface area contributed by atoms with Gasteiger partial charge in [-0.2, -0.15) is 0 Å². The van der Waals surface area contributed by atoms with Crippen molar-refractivity contribution in [3.8, 4) is 0 Å². The van der Waals surface area contributed by atoms with E-state index in [-0.39, 0.29) is 5.91 Å². The summed E-state index contributed by atoms with van der Waals surface area (Å²) < 4.78 is 6.99. The Kier molecular flexibility index (Phi) is 5.67. The number of nitrogens with one attached hydrogen (secondary N) is 1. The zero-order valence-electron chi connectivity index (χ0n) is 15.8. The van der Waals surface area contributed by atoms with Crippen molar-refractivity contribution in [3.05, 3.63) is 51.8 Å². The number of ether oxygens (including phenoxy) is 1. The summed E-state index contributed by atoms with van der Waals surface area (Å²) in [5.41, 5.74) is 5.43. The first-order valence-electron chi connectivity index (χ1n) is 8.57. The van der Waals surface area contributed by atoms with Crippen LogP contribution in [0.15, 0.2) is 18.2 Å². The van der Waals surface area contributed by atoms with Crippen molar-refractivity contribution < 1.29 is 14.3 Å². The van der Waals surface area contributed by atoms with Crippen LogP contribution in [0.2, 0.25) is 0 Å². The molecule has 2 aromatic rings. The maximum absolute atomic E-state index is 12.8. The largest absolute Gasteiger partial charge is 0.461 e. The minimum Gasteiger partial charge on any atom is -0.461 e. The molecule has 0 saturated heterocycles. The molecule has 1 aromatic carbocycles. The molecule has 25 heavy (non-hydrogen) atoms. The highest BCUT2D eigenvalue weighted by Crippen LogP contribution is 2.25. The fourth-order valence-electron chi connectivity index (χ4n) is 3.10. The van der Waals surface area contributed by atoms with Gasteiger partial charge in [0.15, 0.2) is 0 Å². The zero-order valence-corrected chi connectivity index (χ0v) is 15.8. The van der Waals surface area contributed by atoms with Gasteiger partial charge < -0.3 is 14.6 Å². The van der Waals surface area contributed by atoms with Gasteiger partial charge in [-0.15, -0.1) is 0 Å². The lowest BCUT2D eigenvalue weighted by molar-refractivity contribution is 0.0512. The Balaban J connectivity index is 2.42. The van der Waals surface area contributed by atoms with E-state index in [1.807, 2.05) is 50.5 Å². The van der Waals surface area contributed by atoms with Gasteiger partial charge in [-0.1, -0.05) is 6.07 Å². The summed E-state index contributed by atoms with van der Waals surface area (Å²) in [6, 6.07) is 5.81. The van der Waals surface area contributed by atoms with E-state index in [0.29, 0.717) is 30.0 Å². The third-order valence-corrected chi connectivity index (χ3v) is 4.54. The molecule has 0 unspecified atom stereocenters. The molecule has 0 aliphatic heterocycles. The van der Waals surface area contributed by atoms with Gasteiger partial charge in [0.2, 0.25) is 0 Å². The lowest BCUT2D eigenvalue weighted by Gasteiger charge is -2.09. The Hall–Kier alpha value is -2.56. The molecule has 0 spiro atoms. The third-order valence-electron chi connectivity index (χ3n) is 4.54. The first-order valence-corrected chi connectivity index (χ1v) is 8.57. The number of benzene rings is 1. The molecule has 1 amide bonds. The fraction of sp³-hybridized carbons (Fsp3) is 0.400. The van der Waals surface area contributed by atoms with E-state index in [2.05, 4.69) is 5.32 Å². The van der Waals surface area contributed by atoms with Gasteiger partial charge in [-0.3, -0.25) is 4.79 Å². The first-order chi connectivity index (χ1) is 11.8. The van der Waals surface area contributed by atoms with E-state index >= 15 is 0 Å². The Morgan fingerprint density at radius 2 is 1.76 bits per heavy atom. The van der Waals surface area contributed by atoms with E-state index in [4.69, 9.17) is 4.74 Å². The monoisotopic (exact) mass is 342 g/mol. The smallest absolute Gasteiger partial charge is 0.355 e. The Labute approximate surface area is 149 Å². The van der Waals surface area contributed by atoms with Crippen LogP contribution in [0.4, 0.5) is 5.69 Å². The topological polar surface area (TPSA) is 60.3 Å². The van der Waals surface area contributed by atoms with Gasteiger partial charge in [0.05, 0.1) is 12.2 Å². The van der Waals surface area contributed by atoms with Crippen LogP contribution >= 0.6 is 0 Å². The zero-order chi connectivity index (χ0) is 18.7. The van der Waals surface area contributed by atoms with Crippen molar-refractivity contribution in [3.63, 3.8) is 0 Å². The number of aryl methyl sites for hydroxylation is 2. The fourth-order valence-corrected chi connectivity index (χ4v) is 3.10. The first kappa shape index (κ1) is 18.8. The number of carbonyl (C=O) groups is 2. The molecule has 1 N–H and O–H groups in total. The SMILES string of the molecule is CCOC(=O)c1c(C)c(C(=O)Nc2ccc(C)c(C)c2)c(C)n1CC. The van der Waals surface area contributed by atoms with E-state index in [0.717, 1.165) is 16.9 Å². The van der Waals surface area contributed by atoms with Crippen molar-refractivity contribution in [2.45, 2.75) is 48.1 Å². The summed E-state index contributed by atoms with van der Waals surface area (Å²) in [7, 11) is 0. The molecular weight excluding hydrogens is 316 g/mol. The predicted octanol–water partition coefficient (Wildman–Crippen LogP) is 4.17. The molecule has 134 valence electrons. The van der Waals surface area contributed by atoms with E-state index in [1.165, 1.54) is 5.56 Å². The molecule has 0 aliphatic carbocycles. The molecule has 0 atom stereocenters. The van der Waals surface area contributed by atoms with Crippen LogP contribution in [0.5, 0.6) is 0 Å². The molecule has 0 fully saturated rings. The highest BCUT2D eigenvalue weighted by atomic mass is 16.5. The summed E-state index contributed by atoms with van der Waals surface area (Å²) in [6.07, 6.45) is 0. The molecule has 5 heteroatoms. The Bertz CT molecular complexity index is 819. The van der Waals surface area contributed by atoms with Gasteiger partial charge in [0, 0.05) is 17.9 Å². The molecule has 2 rings (SSSR count). The number of nitrogens with zero attached hydrogens (tertiary/aromatic N) is 1. The Morgan fingerprint density at radius 3 is 2.32 bits per heavy atom. The quantitative estimate of drug-likeness (QED) is 0.830. The average Bonchev–Trinajstić information content (AvgIpc) is 2.81. The van der Waals surface area contributed by atoms with Crippen LogP contribution in [0, 0.1) is 27.7 Å². The van der Waals surface area contributed by atoms with E-state index in [1.54, 1.807) is 13.8 Å². The second-order valence-electron chi connectivity index (χ2n) is 6.15. The predicted molar refractivity (Wildman–Crippen MR) is 99.4 cm³/mol. The number of esters is 1. The lowest BCUT2D eigenvalue weighted by Crippen LogP contribution is -2.14. The minimum absolute atomic E-state index is 0.212. The maximum Gasteiger partial charge on any atom is 0.355 e. The van der Waals surface area contributed by atoms with Gasteiger partial charge in [0.25, 0.3) is 5.91 Å². The van der Waals surface area contributed by atoms with Crippen molar-refractivity contribution in [2.24, 2.45) is 0 Å². The average molecular weight is 342 g/mol. The van der Waals surface area contributed by atoms with Crippen molar-refractivity contribution in [1.82, 2.24) is 4.57 Å². The molecule has 5 nitrogen and oxygen atoms in total. The molecular formula is C20H26N2O3. The number of amides is 1. The molecule has 0 aliphatic rings. The van der Waals surface area contributed by atoms with Gasteiger partial charge in [0.1, 0.15) is 5.69 Å². The van der Waals surface area contributed by atoms with E-state index < -0.39 is 5.97 Å². The summed E-state index contributed by atoms with van der Waals surface area (Å²) >= 11 is 0. The van der Waals surface area contributed by atoms with E-state index in [9.17, 15) is 9.59 Å². The lowest BCUT2D eigenvalue weighted by atomic mass is 10.1. The third kappa shape index (κ3) is 3.60. The van der Waals surface area contributed by atoms with Gasteiger partial charge >= 0.3 is 5.97 Å².